The molecule has 0 aliphatic carbocycles. The van der Waals surface area contributed by atoms with Gasteiger partial charge in [0.05, 0.1) is 6.20 Å². The maximum Gasteiger partial charge on any atom is 0.131 e. The number of H-pyrrole nitrogens is 1. The zero-order valence-electron chi connectivity index (χ0n) is 8.81. The average Bonchev–Trinajstić information content (AvgIpc) is 2.97. The van der Waals surface area contributed by atoms with Crippen molar-refractivity contribution >= 4 is 0 Å². The summed E-state index contributed by atoms with van der Waals surface area (Å²) in [5.74, 6) is 0.958. The molecule has 0 radical (unpaired) electrons. The minimum absolute atomic E-state index is 0.114. The number of nitrogens with two attached hydrogens (primary N) is 1. The van der Waals surface area contributed by atoms with Crippen LogP contribution in [0, 0.1) is 0 Å². The fourth-order valence-electron chi connectivity index (χ4n) is 2.10. The van der Waals surface area contributed by atoms with Crippen LogP contribution in [0.5, 0.6) is 5.75 Å². The van der Waals surface area contributed by atoms with Crippen molar-refractivity contribution in [3.63, 3.8) is 0 Å². The lowest BCUT2D eigenvalue weighted by atomic mass is 10.0. The number of ether oxygens (including phenoxy) is 1. The van der Waals surface area contributed by atoms with Gasteiger partial charge in [-0.05, 0) is 5.56 Å². The quantitative estimate of drug-likeness (QED) is 0.794. The number of para-hydroxylation sites is 1. The Morgan fingerprint density at radius 3 is 3.19 bits per heavy atom. The van der Waals surface area contributed by atoms with E-state index in [-0.39, 0.29) is 6.10 Å². The molecule has 0 saturated heterocycles. The lowest BCUT2D eigenvalue weighted by Gasteiger charge is -2.09. The molecule has 0 unspecified atom stereocenters. The van der Waals surface area contributed by atoms with Crippen molar-refractivity contribution in [3.05, 3.63) is 36.2 Å². The van der Waals surface area contributed by atoms with E-state index >= 15 is 0 Å². The van der Waals surface area contributed by atoms with E-state index in [1.54, 1.807) is 6.20 Å². The maximum atomic E-state index is 5.84. The van der Waals surface area contributed by atoms with Gasteiger partial charge in [-0.1, -0.05) is 18.2 Å². The van der Waals surface area contributed by atoms with Crippen LogP contribution in [-0.4, -0.2) is 22.8 Å². The Morgan fingerprint density at radius 1 is 1.50 bits per heavy atom. The van der Waals surface area contributed by atoms with Gasteiger partial charge in [0, 0.05) is 30.3 Å². The van der Waals surface area contributed by atoms with Crippen LogP contribution in [0.15, 0.2) is 30.6 Å². The Kier molecular flexibility index (Phi) is 2.15. The predicted molar refractivity (Wildman–Crippen MR) is 61.2 cm³/mol. The maximum absolute atomic E-state index is 5.84. The van der Waals surface area contributed by atoms with Crippen LogP contribution in [-0.2, 0) is 6.42 Å². The Balaban J connectivity index is 2.07. The molecule has 1 aliphatic heterocycles. The van der Waals surface area contributed by atoms with E-state index in [0.717, 1.165) is 23.3 Å². The summed E-state index contributed by atoms with van der Waals surface area (Å²) < 4.78 is 5.84. The Hall–Kier alpha value is -1.81. The van der Waals surface area contributed by atoms with Crippen molar-refractivity contribution in [3.8, 4) is 16.9 Å². The molecule has 2 heterocycles. The third kappa shape index (κ3) is 1.39. The number of nitrogens with zero attached hydrogens (tertiary/aromatic N) is 1. The zero-order valence-corrected chi connectivity index (χ0v) is 8.81. The minimum atomic E-state index is 0.114. The monoisotopic (exact) mass is 215 g/mol. The molecule has 1 aliphatic rings. The molecule has 0 bridgehead atoms. The Bertz CT molecular complexity index is 493. The molecule has 4 heteroatoms. The normalized spacial score (nSPS) is 18.2. The van der Waals surface area contributed by atoms with Crippen molar-refractivity contribution in [1.82, 2.24) is 10.2 Å². The first-order chi connectivity index (χ1) is 7.88. The highest BCUT2D eigenvalue weighted by atomic mass is 16.5. The fraction of sp³-hybridized carbons (Fsp3) is 0.250. The molecule has 2 aromatic rings. The van der Waals surface area contributed by atoms with E-state index in [4.69, 9.17) is 10.5 Å². The van der Waals surface area contributed by atoms with E-state index in [1.807, 2.05) is 18.3 Å². The van der Waals surface area contributed by atoms with Gasteiger partial charge in [-0.25, -0.2) is 0 Å². The van der Waals surface area contributed by atoms with Crippen molar-refractivity contribution in [2.45, 2.75) is 12.5 Å². The highest BCUT2D eigenvalue weighted by molar-refractivity contribution is 5.71. The Labute approximate surface area is 93.4 Å². The molecule has 82 valence electrons. The van der Waals surface area contributed by atoms with Gasteiger partial charge in [-0.15, -0.1) is 0 Å². The highest BCUT2D eigenvalue weighted by Crippen LogP contribution is 2.38. The zero-order chi connectivity index (χ0) is 11.0. The van der Waals surface area contributed by atoms with E-state index in [2.05, 4.69) is 16.3 Å². The number of aromatic nitrogens is 2. The summed E-state index contributed by atoms with van der Waals surface area (Å²) in [7, 11) is 0. The van der Waals surface area contributed by atoms with Gasteiger partial charge >= 0.3 is 0 Å². The molecule has 1 aromatic carbocycles. The second kappa shape index (κ2) is 3.64. The number of fused-ring (bicyclic) bond motifs is 1. The van der Waals surface area contributed by atoms with Gasteiger partial charge in [0.15, 0.2) is 0 Å². The van der Waals surface area contributed by atoms with E-state index in [9.17, 15) is 0 Å². The summed E-state index contributed by atoms with van der Waals surface area (Å²) in [5, 5.41) is 6.77. The van der Waals surface area contributed by atoms with E-state index in [1.165, 1.54) is 5.56 Å². The van der Waals surface area contributed by atoms with Crippen molar-refractivity contribution in [1.29, 1.82) is 0 Å². The number of hydrogen-bond donors (Lipinski definition) is 2. The van der Waals surface area contributed by atoms with Crippen LogP contribution in [0.1, 0.15) is 5.56 Å². The number of rotatable bonds is 2. The predicted octanol–water partition coefficient (Wildman–Crippen LogP) is 1.34. The molecule has 4 nitrogen and oxygen atoms in total. The number of aromatic amines is 1. The average molecular weight is 215 g/mol. The molecule has 1 atom stereocenters. The lowest BCUT2D eigenvalue weighted by molar-refractivity contribution is 0.242. The molecule has 0 saturated carbocycles. The van der Waals surface area contributed by atoms with E-state index in [0.29, 0.717) is 6.54 Å². The molecule has 1 aromatic heterocycles. The Morgan fingerprint density at radius 2 is 2.44 bits per heavy atom. The van der Waals surface area contributed by atoms with Crippen LogP contribution in [0.4, 0.5) is 0 Å². The van der Waals surface area contributed by atoms with Gasteiger partial charge in [0.2, 0.25) is 0 Å². The summed E-state index contributed by atoms with van der Waals surface area (Å²) in [4.78, 5) is 0. The second-order valence-corrected chi connectivity index (χ2v) is 3.96. The summed E-state index contributed by atoms with van der Waals surface area (Å²) in [6, 6.07) is 6.18. The van der Waals surface area contributed by atoms with Gasteiger partial charge in [0.25, 0.3) is 0 Å². The molecular formula is C12H13N3O. The van der Waals surface area contributed by atoms with E-state index < -0.39 is 0 Å². The van der Waals surface area contributed by atoms with Crippen molar-refractivity contribution < 1.29 is 4.74 Å². The first kappa shape index (κ1) is 9.42. The summed E-state index contributed by atoms with van der Waals surface area (Å²) in [6.07, 6.45) is 4.68. The van der Waals surface area contributed by atoms with Crippen LogP contribution in [0.2, 0.25) is 0 Å². The van der Waals surface area contributed by atoms with Gasteiger partial charge in [-0.3, -0.25) is 5.10 Å². The van der Waals surface area contributed by atoms with Gasteiger partial charge < -0.3 is 10.5 Å². The van der Waals surface area contributed by atoms with Crippen LogP contribution in [0.3, 0.4) is 0 Å². The molecule has 0 amide bonds. The molecule has 16 heavy (non-hydrogen) atoms. The summed E-state index contributed by atoms with van der Waals surface area (Å²) in [5.41, 5.74) is 9.00. The van der Waals surface area contributed by atoms with Crippen LogP contribution < -0.4 is 10.5 Å². The number of hydrogen-bond acceptors (Lipinski definition) is 3. The SMILES string of the molecule is NC[C@@H]1Cc2cccc(-c3cn[nH]c3)c2O1. The third-order valence-electron chi connectivity index (χ3n) is 2.90. The fourth-order valence-corrected chi connectivity index (χ4v) is 2.10. The second-order valence-electron chi connectivity index (χ2n) is 3.96. The molecule has 0 fully saturated rings. The smallest absolute Gasteiger partial charge is 0.131 e. The van der Waals surface area contributed by atoms with Crippen LogP contribution >= 0.6 is 0 Å². The highest BCUT2D eigenvalue weighted by Gasteiger charge is 2.24. The number of nitrogens with one attached hydrogen (secondary N) is 1. The van der Waals surface area contributed by atoms with Crippen molar-refractivity contribution in [2.75, 3.05) is 6.54 Å². The van der Waals surface area contributed by atoms with Gasteiger partial charge in [-0.2, -0.15) is 5.10 Å². The minimum Gasteiger partial charge on any atom is -0.488 e. The lowest BCUT2D eigenvalue weighted by Crippen LogP contribution is -2.24. The van der Waals surface area contributed by atoms with Gasteiger partial charge in [0.1, 0.15) is 11.9 Å². The largest absolute Gasteiger partial charge is 0.488 e. The summed E-state index contributed by atoms with van der Waals surface area (Å²) >= 11 is 0. The molecule has 3 N–H and O–H groups in total. The third-order valence-corrected chi connectivity index (χ3v) is 2.90. The first-order valence-corrected chi connectivity index (χ1v) is 5.36. The van der Waals surface area contributed by atoms with Crippen LogP contribution in [0.25, 0.3) is 11.1 Å². The topological polar surface area (TPSA) is 63.9 Å². The first-order valence-electron chi connectivity index (χ1n) is 5.36. The molecule has 0 spiro atoms. The summed E-state index contributed by atoms with van der Waals surface area (Å²) in [6.45, 7) is 0.555. The standard InChI is InChI=1S/C12H13N3O/c13-5-10-4-8-2-1-3-11(12(8)16-10)9-6-14-15-7-9/h1-3,6-7,10H,4-5,13H2,(H,14,15)/t10-/m0/s1. The molecule has 3 rings (SSSR count). The number of benzene rings is 1. The molecular weight excluding hydrogens is 202 g/mol. The van der Waals surface area contributed by atoms with Crippen molar-refractivity contribution in [2.24, 2.45) is 5.73 Å².